The monoisotopic (exact) mass is 314 g/mol. The fourth-order valence-corrected chi connectivity index (χ4v) is 2.55. The Hall–Kier alpha value is -1.75. The topological polar surface area (TPSA) is 43.1 Å². The summed E-state index contributed by atoms with van der Waals surface area (Å²) < 4.78 is 2.71. The molecular weight excluding hydrogens is 304 g/mol. The van der Waals surface area contributed by atoms with E-state index >= 15 is 0 Å². The molecule has 4 rings (SSSR count). The zero-order valence-corrected chi connectivity index (χ0v) is 11.7. The van der Waals surface area contributed by atoms with E-state index in [1.54, 1.807) is 0 Å². The molecule has 1 saturated carbocycles. The van der Waals surface area contributed by atoms with Crippen molar-refractivity contribution in [2.75, 3.05) is 0 Å². The van der Waals surface area contributed by atoms with Crippen LogP contribution in [0, 0.1) is 0 Å². The molecule has 3 heterocycles. The third-order valence-corrected chi connectivity index (χ3v) is 3.80. The Bertz CT molecular complexity index is 761. The minimum atomic E-state index is 0.634. The van der Waals surface area contributed by atoms with Gasteiger partial charge in [-0.1, -0.05) is 6.07 Å². The van der Waals surface area contributed by atoms with Gasteiger partial charge in [0.05, 0.1) is 17.6 Å². The van der Waals surface area contributed by atoms with Gasteiger partial charge in [0.25, 0.3) is 0 Å². The average Bonchev–Trinajstić information content (AvgIpc) is 3.18. The van der Waals surface area contributed by atoms with Crippen molar-refractivity contribution < 1.29 is 0 Å². The maximum Gasteiger partial charge on any atom is 0.154 e. The van der Waals surface area contributed by atoms with Crippen molar-refractivity contribution in [3.63, 3.8) is 0 Å². The number of nitrogens with zero attached hydrogens (tertiary/aromatic N) is 4. The molecular formula is C14H11BrN4. The SMILES string of the molecule is Brc1cccc(-c2cnc3ccc(C4CC4)nn23)n1. The van der Waals surface area contributed by atoms with E-state index in [9.17, 15) is 0 Å². The lowest BCUT2D eigenvalue weighted by molar-refractivity contribution is 0.858. The zero-order chi connectivity index (χ0) is 12.8. The van der Waals surface area contributed by atoms with Crippen molar-refractivity contribution >= 4 is 21.6 Å². The molecule has 3 aromatic heterocycles. The smallest absolute Gasteiger partial charge is 0.154 e. The van der Waals surface area contributed by atoms with Gasteiger partial charge in [-0.05, 0) is 53.0 Å². The highest BCUT2D eigenvalue weighted by Crippen LogP contribution is 2.38. The highest BCUT2D eigenvalue weighted by molar-refractivity contribution is 9.10. The first-order valence-corrected chi connectivity index (χ1v) is 7.08. The van der Waals surface area contributed by atoms with E-state index in [-0.39, 0.29) is 0 Å². The summed E-state index contributed by atoms with van der Waals surface area (Å²) >= 11 is 3.40. The van der Waals surface area contributed by atoms with E-state index in [0.717, 1.165) is 27.3 Å². The molecule has 0 saturated heterocycles. The van der Waals surface area contributed by atoms with Crippen LogP contribution in [0.2, 0.25) is 0 Å². The van der Waals surface area contributed by atoms with Crippen molar-refractivity contribution in [2.45, 2.75) is 18.8 Å². The normalized spacial score (nSPS) is 15.0. The highest BCUT2D eigenvalue weighted by atomic mass is 79.9. The summed E-state index contributed by atoms with van der Waals surface area (Å²) in [5.74, 6) is 0.634. The van der Waals surface area contributed by atoms with Crippen molar-refractivity contribution in [3.05, 3.63) is 46.8 Å². The van der Waals surface area contributed by atoms with Gasteiger partial charge >= 0.3 is 0 Å². The standard InChI is InChI=1S/C14H11BrN4/c15-13-3-1-2-11(17-13)12-8-16-14-7-6-10(9-4-5-9)18-19(12)14/h1-3,6-9H,4-5H2. The molecule has 0 amide bonds. The minimum absolute atomic E-state index is 0.634. The van der Waals surface area contributed by atoms with Crippen LogP contribution in [0.1, 0.15) is 24.5 Å². The predicted octanol–water partition coefficient (Wildman–Crippen LogP) is 3.43. The molecule has 3 aromatic rings. The molecule has 94 valence electrons. The Morgan fingerprint density at radius 2 is 2.05 bits per heavy atom. The quantitative estimate of drug-likeness (QED) is 0.681. The largest absolute Gasteiger partial charge is 0.239 e. The van der Waals surface area contributed by atoms with Crippen LogP contribution in [0.3, 0.4) is 0 Å². The van der Waals surface area contributed by atoms with Crippen molar-refractivity contribution in [2.24, 2.45) is 0 Å². The van der Waals surface area contributed by atoms with Gasteiger partial charge in [0.2, 0.25) is 0 Å². The Morgan fingerprint density at radius 3 is 2.84 bits per heavy atom. The van der Waals surface area contributed by atoms with E-state index in [1.165, 1.54) is 12.8 Å². The highest BCUT2D eigenvalue weighted by Gasteiger charge is 2.25. The van der Waals surface area contributed by atoms with Crippen molar-refractivity contribution in [1.82, 2.24) is 19.6 Å². The van der Waals surface area contributed by atoms with Gasteiger partial charge in [0.1, 0.15) is 10.3 Å². The molecule has 1 fully saturated rings. The second-order valence-electron chi connectivity index (χ2n) is 4.79. The fraction of sp³-hybridized carbons (Fsp3) is 0.214. The van der Waals surface area contributed by atoms with Crippen LogP contribution in [0.5, 0.6) is 0 Å². The lowest BCUT2D eigenvalue weighted by Crippen LogP contribution is -1.99. The molecule has 0 bridgehead atoms. The van der Waals surface area contributed by atoms with Gasteiger partial charge in [-0.3, -0.25) is 0 Å². The van der Waals surface area contributed by atoms with Crippen LogP contribution in [-0.2, 0) is 0 Å². The summed E-state index contributed by atoms with van der Waals surface area (Å²) in [5, 5.41) is 4.70. The van der Waals surface area contributed by atoms with E-state index in [2.05, 4.69) is 32.0 Å². The molecule has 0 aromatic carbocycles. The van der Waals surface area contributed by atoms with E-state index in [0.29, 0.717) is 5.92 Å². The molecule has 1 aliphatic carbocycles. The molecule has 0 spiro atoms. The Labute approximate surface area is 118 Å². The maximum atomic E-state index is 4.70. The Kier molecular flexibility index (Phi) is 2.41. The van der Waals surface area contributed by atoms with Crippen LogP contribution in [0.4, 0.5) is 0 Å². The Balaban J connectivity index is 1.91. The number of rotatable bonds is 2. The summed E-state index contributed by atoms with van der Waals surface area (Å²) in [6, 6.07) is 9.96. The number of hydrogen-bond acceptors (Lipinski definition) is 3. The van der Waals surface area contributed by atoms with Gasteiger partial charge in [-0.15, -0.1) is 0 Å². The second kappa shape index (κ2) is 4.13. The van der Waals surface area contributed by atoms with Crippen LogP contribution in [-0.4, -0.2) is 19.6 Å². The molecule has 0 atom stereocenters. The molecule has 0 radical (unpaired) electrons. The first-order valence-electron chi connectivity index (χ1n) is 6.29. The number of imidazole rings is 1. The van der Waals surface area contributed by atoms with Crippen molar-refractivity contribution in [1.29, 1.82) is 0 Å². The lowest BCUT2D eigenvalue weighted by Gasteiger charge is -2.03. The second-order valence-corrected chi connectivity index (χ2v) is 5.60. The summed E-state index contributed by atoms with van der Waals surface area (Å²) in [6.45, 7) is 0. The first kappa shape index (κ1) is 11.1. The summed E-state index contributed by atoms with van der Waals surface area (Å²) in [4.78, 5) is 8.86. The minimum Gasteiger partial charge on any atom is -0.239 e. The van der Waals surface area contributed by atoms with E-state index in [4.69, 9.17) is 5.10 Å². The molecule has 0 aliphatic heterocycles. The average molecular weight is 315 g/mol. The number of halogens is 1. The molecule has 19 heavy (non-hydrogen) atoms. The zero-order valence-electron chi connectivity index (χ0n) is 10.1. The summed E-state index contributed by atoms with van der Waals surface area (Å²) in [5.41, 5.74) is 3.82. The molecule has 5 heteroatoms. The first-order chi connectivity index (χ1) is 9.31. The van der Waals surface area contributed by atoms with Crippen LogP contribution in [0.25, 0.3) is 17.0 Å². The molecule has 1 aliphatic rings. The van der Waals surface area contributed by atoms with Gasteiger partial charge < -0.3 is 0 Å². The summed E-state index contributed by atoms with van der Waals surface area (Å²) in [6.07, 6.45) is 4.32. The summed E-state index contributed by atoms with van der Waals surface area (Å²) in [7, 11) is 0. The maximum absolute atomic E-state index is 4.70. The van der Waals surface area contributed by atoms with Gasteiger partial charge in [-0.25, -0.2) is 14.5 Å². The van der Waals surface area contributed by atoms with Crippen LogP contribution < -0.4 is 0 Å². The van der Waals surface area contributed by atoms with E-state index < -0.39 is 0 Å². The third kappa shape index (κ3) is 1.94. The van der Waals surface area contributed by atoms with E-state index in [1.807, 2.05) is 35.0 Å². The fourth-order valence-electron chi connectivity index (χ4n) is 2.21. The predicted molar refractivity (Wildman–Crippen MR) is 75.9 cm³/mol. The number of pyridine rings is 1. The lowest BCUT2D eigenvalue weighted by atomic mass is 10.3. The van der Waals surface area contributed by atoms with Gasteiger partial charge in [0.15, 0.2) is 5.65 Å². The molecule has 0 unspecified atom stereocenters. The molecule has 4 nitrogen and oxygen atoms in total. The number of fused-ring (bicyclic) bond motifs is 1. The van der Waals surface area contributed by atoms with Gasteiger partial charge in [-0.2, -0.15) is 5.10 Å². The number of aromatic nitrogens is 4. The Morgan fingerprint density at radius 1 is 1.16 bits per heavy atom. The number of hydrogen-bond donors (Lipinski definition) is 0. The third-order valence-electron chi connectivity index (χ3n) is 3.36. The van der Waals surface area contributed by atoms with Crippen molar-refractivity contribution in [3.8, 4) is 11.4 Å². The van der Waals surface area contributed by atoms with Crippen LogP contribution >= 0.6 is 15.9 Å². The molecule has 0 N–H and O–H groups in total. The van der Waals surface area contributed by atoms with Gasteiger partial charge in [0, 0.05) is 5.92 Å². The van der Waals surface area contributed by atoms with Crippen LogP contribution in [0.15, 0.2) is 41.1 Å².